The van der Waals surface area contributed by atoms with Crippen LogP contribution in [0, 0.1) is 92.5 Å². The molecule has 29 heteroatoms. The number of carboxylic acids is 2. The Bertz CT molecular complexity index is 5770. The molecule has 3 aromatic carbocycles. The lowest BCUT2D eigenvalue weighted by molar-refractivity contribution is -0.200. The van der Waals surface area contributed by atoms with Crippen LogP contribution in [0.1, 0.15) is 230 Å². The number of piperidine rings is 4. The maximum Gasteiger partial charge on any atom is 0.341 e. The van der Waals surface area contributed by atoms with Gasteiger partial charge in [-0.15, -0.1) is 0 Å². The second kappa shape index (κ2) is 35.6. The van der Waals surface area contributed by atoms with E-state index in [2.05, 4.69) is 54.5 Å². The molecule has 2 aromatic heterocycles. The van der Waals surface area contributed by atoms with E-state index in [9.17, 15) is 88.4 Å². The molecule has 2 bridgehead atoms. The minimum absolute atomic E-state index is 0.00826. The van der Waals surface area contributed by atoms with Crippen molar-refractivity contribution < 1.29 is 97.4 Å². The minimum Gasteiger partial charge on any atom is -0.492 e. The molecular formula is C104H129F2N7O20. The molecule has 5 aromatic rings. The highest BCUT2D eigenvalue weighted by Crippen LogP contribution is 2.71. The first kappa shape index (κ1) is 93.2. The Balaban J connectivity index is 0.000000108. The standard InChI is InChI=1S/C25H34O6.C21H24FN3O4.C21H28O6.C20H25NO.C17H18FN3O3/c1-4-5-21-30-20-11-17-16-7-6-14-10-15(27)8-9-23(14,2)22(16)18(28)12-24(17,3)25(20,31-21)19(29)13-26;1-29-20-17-13(19(26)14(21(27)28)9-25(17)12-4-5-12)7-15(22)18(20)24-8-11-3-2-6-23-16(11)10-24;1-19-6-5-12(23)7-11(19)3-4-13-14-8-16(25)21(27,17(26)10-22)20(14,2)9-15(24)18(13)19;22-20-16-6-2-4-14-3-1-5-15(19(14)16)11-17(20)18-12-21-9-7-13(18)8-10-21;18-13-7-11-14(8-15(13)20-5-3-19-4-6-20)21(10-1-2-10)9-12(16(11)22)17(23)24/h8-10,16-18,20-22,26,28H,4-7,11-13H2,1-3H3;7,9,11-12,16,23H,2-6,8,10H2,1H3,(H,27,28);5-7,13-16,18,22,24-25,27H,3-4,8-10H2,1-2H3;2,4,6,13,15,17-18H,1,3,5,7-12H2;7-10,19H,1-6H2,(H,23,24)/t16-,17?,18-,20+,21?,22?,23-,24-,25+;11-,16+;13-,14?,15-,16+,18?,19-,20-,21-;15-,17+,18-;/m0001./s1. The number of aromatic carboxylic acids is 2. The van der Waals surface area contributed by atoms with E-state index in [0.29, 0.717) is 103 Å². The first-order valence-electron chi connectivity index (χ1n) is 49.1. The second-order valence-corrected chi connectivity index (χ2v) is 42.7. The van der Waals surface area contributed by atoms with E-state index in [0.717, 1.165) is 126 Å². The molecule has 5 unspecified atom stereocenters. The van der Waals surface area contributed by atoms with E-state index >= 15 is 4.39 Å². The smallest absolute Gasteiger partial charge is 0.341 e. The Hall–Kier alpha value is -8.85. The van der Waals surface area contributed by atoms with E-state index in [1.807, 2.05) is 33.4 Å². The Kier molecular flexibility index (Phi) is 24.9. The molecule has 8 saturated carbocycles. The number of Topliss-reactive ketones (excluding diaryl/α,β-unsaturated/α-hetero) is 3. The number of piperazine rings is 1. The van der Waals surface area contributed by atoms with Crippen LogP contribution in [0.15, 0.2) is 106 Å². The number of ketones is 5. The number of pyridine rings is 2. The van der Waals surface area contributed by atoms with Crippen molar-refractivity contribution in [3.8, 4) is 5.75 Å². The molecule has 10 N–H and O–H groups in total. The third-order valence-electron chi connectivity index (χ3n) is 35.8. The van der Waals surface area contributed by atoms with Crippen molar-refractivity contribution in [1.82, 2.24) is 24.7 Å². The van der Waals surface area contributed by atoms with Gasteiger partial charge in [0.2, 0.25) is 10.9 Å². The predicted molar refractivity (Wildman–Crippen MR) is 492 cm³/mol. The monoisotopic (exact) mass is 1830 g/mol. The van der Waals surface area contributed by atoms with E-state index in [1.165, 1.54) is 94.5 Å². The summed E-state index contributed by atoms with van der Waals surface area (Å²) in [5.74, 6) is -0.992. The van der Waals surface area contributed by atoms with Gasteiger partial charge < -0.3 is 89.5 Å². The second-order valence-electron chi connectivity index (χ2n) is 42.7. The van der Waals surface area contributed by atoms with Crippen LogP contribution in [0.25, 0.3) is 21.8 Å². The number of carbonyl (C=O) groups excluding carboxylic acids is 5. The van der Waals surface area contributed by atoms with Gasteiger partial charge in [-0.1, -0.05) is 82.5 Å². The SMILES string of the molecule is CCCC1O[C@@H]2CC3[C@@H]4CCC5=CC(=O)C=C[C@]5(C)C4[C@@H](O)C[C@]3(C)[C@]2(C(=O)CO)O1.COc1c(N2C[C@@H]3CCCN[C@@H]3C2)c(F)cc2c(=O)c(C(=O)O)cn(C3CC3)c12.C[C@]12C=CC(=O)C=C1CC[C@@H]1C2[C@@H](O)C[C@@]2(C)C1C[C@@H](O)[C@]2(O)C(=O)CO.O=C(O)c1cn(C2CC2)c2cc(N3CCNCC3)c(F)cc2c1=O.O=C1c2cccc3c2[C@H](CCC3)C[C@H]1[C@@H]1CN2CCC1CC2. The highest BCUT2D eigenvalue weighted by Gasteiger charge is 2.76. The molecule has 0 radical (unpaired) electrons. The van der Waals surface area contributed by atoms with E-state index in [-0.39, 0.29) is 105 Å². The number of hydrogen-bond donors (Lipinski definition) is 10. The van der Waals surface area contributed by atoms with Gasteiger partial charge in [0, 0.05) is 127 Å². The zero-order chi connectivity index (χ0) is 93.8. The number of allylic oxidation sites excluding steroid dienone is 8. The van der Waals surface area contributed by atoms with Gasteiger partial charge in [0.1, 0.15) is 35.8 Å². The van der Waals surface area contributed by atoms with Crippen LogP contribution in [0.2, 0.25) is 0 Å². The number of aliphatic hydroxyl groups is 6. The maximum atomic E-state index is 15.3. The van der Waals surface area contributed by atoms with E-state index in [1.54, 1.807) is 41.9 Å². The average Bonchev–Trinajstić information content (AvgIpc) is 1.48. The lowest BCUT2D eigenvalue weighted by atomic mass is 9.46. The lowest BCUT2D eigenvalue weighted by Gasteiger charge is -2.59. The van der Waals surface area contributed by atoms with Crippen molar-refractivity contribution in [3.63, 3.8) is 0 Å². The van der Waals surface area contributed by atoms with Crippen LogP contribution in [-0.2, 0) is 35.1 Å². The van der Waals surface area contributed by atoms with Gasteiger partial charge in [0.15, 0.2) is 58.0 Å². The number of nitrogens with zero attached hydrogens (tertiary/aromatic N) is 5. The van der Waals surface area contributed by atoms with Gasteiger partial charge in [-0.05, 0) is 255 Å². The minimum atomic E-state index is -2.05. The normalized spacial score (nSPS) is 37.2. The van der Waals surface area contributed by atoms with Crippen LogP contribution in [0.4, 0.5) is 20.2 Å². The highest BCUT2D eigenvalue weighted by molar-refractivity contribution is 6.03. The number of benzene rings is 3. The van der Waals surface area contributed by atoms with Crippen molar-refractivity contribution in [2.24, 2.45) is 80.8 Å². The number of halogens is 2. The molecule has 7 aliphatic heterocycles. The van der Waals surface area contributed by atoms with Gasteiger partial charge in [0.25, 0.3) is 0 Å². The van der Waals surface area contributed by atoms with Crippen LogP contribution in [0.5, 0.6) is 5.75 Å². The first-order valence-corrected chi connectivity index (χ1v) is 49.1. The van der Waals surface area contributed by atoms with Gasteiger partial charge in [-0.25, -0.2) is 18.4 Å². The van der Waals surface area contributed by atoms with Crippen molar-refractivity contribution in [2.45, 2.75) is 242 Å². The quantitative estimate of drug-likeness (QED) is 0.0494. The molecule has 27 nitrogen and oxygen atoms in total. The Morgan fingerprint density at radius 2 is 1.24 bits per heavy atom. The number of carbonyl (C=O) groups is 7. The Labute approximate surface area is 772 Å². The molecule has 19 aliphatic rings. The number of anilines is 2. The molecule has 0 spiro atoms. The molecule has 714 valence electrons. The van der Waals surface area contributed by atoms with Crippen molar-refractivity contribution in [2.75, 3.05) is 95.6 Å². The number of ether oxygens (including phenoxy) is 3. The summed E-state index contributed by atoms with van der Waals surface area (Å²) in [4.78, 5) is 117. The topological polar surface area (TPSA) is 387 Å². The van der Waals surface area contributed by atoms with Gasteiger partial charge in [-0.2, -0.15) is 0 Å². The largest absolute Gasteiger partial charge is 0.492 e. The zero-order valence-corrected chi connectivity index (χ0v) is 77.1. The summed E-state index contributed by atoms with van der Waals surface area (Å²) in [6.45, 7) is 17.7. The van der Waals surface area contributed by atoms with Crippen LogP contribution >= 0.6 is 0 Å². The fourth-order valence-corrected chi connectivity index (χ4v) is 29.2. The molecule has 133 heavy (non-hydrogen) atoms. The molecule has 24 rings (SSSR count). The predicted octanol–water partition coefficient (Wildman–Crippen LogP) is 10.8. The molecule has 0 amide bonds. The summed E-state index contributed by atoms with van der Waals surface area (Å²) in [7, 11) is 1.48. The number of hydrogen-bond acceptors (Lipinski definition) is 23. The van der Waals surface area contributed by atoms with Gasteiger partial charge in [-0.3, -0.25) is 33.6 Å². The molecular weight excluding hydrogens is 1710 g/mol. The summed E-state index contributed by atoms with van der Waals surface area (Å²) in [5, 5.41) is 89.4. The molecule has 22 atom stereocenters. The Morgan fingerprint density at radius 3 is 1.83 bits per heavy atom. The van der Waals surface area contributed by atoms with Crippen LogP contribution in [0.3, 0.4) is 0 Å². The number of methoxy groups -OCH3 is 1. The van der Waals surface area contributed by atoms with Crippen molar-refractivity contribution in [1.29, 1.82) is 0 Å². The van der Waals surface area contributed by atoms with Gasteiger partial charge >= 0.3 is 11.9 Å². The fraction of sp³-hybridized carbons (Fsp3) is 0.625. The Morgan fingerprint density at radius 1 is 0.632 bits per heavy atom. The van der Waals surface area contributed by atoms with Crippen LogP contribution in [-0.4, -0.2) is 229 Å². The number of carboxylic acid groups (broad SMARTS) is 2. The molecule has 9 heterocycles. The fourth-order valence-electron chi connectivity index (χ4n) is 29.2. The number of aliphatic hydroxyl groups excluding tert-OH is 5. The van der Waals surface area contributed by atoms with Crippen molar-refractivity contribution in [3.05, 3.63) is 156 Å². The van der Waals surface area contributed by atoms with Crippen molar-refractivity contribution >= 4 is 74.0 Å². The third kappa shape index (κ3) is 15.4. The molecule has 7 saturated heterocycles. The number of fused-ring (bicyclic) bond motifs is 18. The maximum absolute atomic E-state index is 15.3. The summed E-state index contributed by atoms with van der Waals surface area (Å²) in [5.41, 5.74) is 0.495. The summed E-state index contributed by atoms with van der Waals surface area (Å²) >= 11 is 0. The van der Waals surface area contributed by atoms with Crippen LogP contribution < -0.4 is 36.0 Å². The summed E-state index contributed by atoms with van der Waals surface area (Å²) in [6.07, 6.45) is 29.6. The summed E-state index contributed by atoms with van der Waals surface area (Å²) in [6, 6.07) is 11.2. The van der Waals surface area contributed by atoms with E-state index < -0.39 is 112 Å². The first-order chi connectivity index (χ1) is 63.7. The molecule has 12 aliphatic carbocycles. The average molecular weight is 1840 g/mol. The lowest BCUT2D eigenvalue weighted by Crippen LogP contribution is -2.63. The highest BCUT2D eigenvalue weighted by atomic mass is 19.1. The van der Waals surface area contributed by atoms with Gasteiger partial charge in [0.05, 0.1) is 53.6 Å². The number of rotatable bonds is 14. The number of aryl methyl sites for hydroxylation is 1. The summed E-state index contributed by atoms with van der Waals surface area (Å²) < 4.78 is 51.9. The zero-order valence-electron chi connectivity index (χ0n) is 77.1. The third-order valence-corrected chi connectivity index (χ3v) is 35.8. The number of nitrogens with one attached hydrogen (secondary N) is 2. The molecule has 15 fully saturated rings. The number of aromatic nitrogens is 2. The van der Waals surface area contributed by atoms with E-state index in [4.69, 9.17) is 14.2 Å².